The first kappa shape index (κ1) is 24.5. The van der Waals surface area contributed by atoms with E-state index in [2.05, 4.69) is 40.4 Å². The van der Waals surface area contributed by atoms with E-state index in [1.807, 2.05) is 48.5 Å². The molecule has 0 saturated carbocycles. The predicted molar refractivity (Wildman–Crippen MR) is 153 cm³/mol. The number of pyridine rings is 4. The Labute approximate surface area is 232 Å². The molecule has 0 bridgehead atoms. The van der Waals surface area contributed by atoms with Gasteiger partial charge in [0.05, 0.1) is 46.4 Å². The summed E-state index contributed by atoms with van der Waals surface area (Å²) < 4.78 is 16.1. The first-order valence-corrected chi connectivity index (χ1v) is 12.9. The summed E-state index contributed by atoms with van der Waals surface area (Å²) in [6.45, 7) is 0. The Hall–Kier alpha value is -5.55. The van der Waals surface area contributed by atoms with Crippen molar-refractivity contribution in [3.63, 3.8) is 0 Å². The van der Waals surface area contributed by atoms with Crippen molar-refractivity contribution in [2.75, 3.05) is 5.32 Å². The van der Waals surface area contributed by atoms with Crippen LogP contribution in [0.25, 0.3) is 56.0 Å². The molecule has 1 aromatic carbocycles. The van der Waals surface area contributed by atoms with Crippen LogP contribution in [0.4, 0.5) is 10.1 Å². The highest BCUT2D eigenvalue weighted by Crippen LogP contribution is 2.34. The SMILES string of the molecule is OC(Cc1ccccc1)Nc1cncc(-c2ncc3[nH]nc(-c4nc5c(-c6ccccn6)cncc5[nH]4)c3c2F)c1. The third kappa shape index (κ3) is 4.64. The molecule has 7 rings (SSSR count). The maximum atomic E-state index is 16.1. The number of nitrogens with one attached hydrogen (secondary N) is 3. The van der Waals surface area contributed by atoms with Crippen LogP contribution in [-0.4, -0.2) is 51.4 Å². The number of fused-ring (bicyclic) bond motifs is 2. The molecule has 1 atom stereocenters. The number of hydrogen-bond acceptors (Lipinski definition) is 8. The summed E-state index contributed by atoms with van der Waals surface area (Å²) in [5.41, 5.74) is 5.58. The van der Waals surface area contributed by atoms with Gasteiger partial charge in [-0.15, -0.1) is 0 Å². The summed E-state index contributed by atoms with van der Waals surface area (Å²) in [6, 6.07) is 16.9. The molecule has 6 aromatic heterocycles. The van der Waals surface area contributed by atoms with E-state index in [0.29, 0.717) is 45.7 Å². The van der Waals surface area contributed by atoms with Crippen molar-refractivity contribution in [3.05, 3.63) is 103 Å². The second-order valence-corrected chi connectivity index (χ2v) is 9.48. The summed E-state index contributed by atoms with van der Waals surface area (Å²) in [5, 5.41) is 21.0. The number of aliphatic hydroxyl groups is 1. The summed E-state index contributed by atoms with van der Waals surface area (Å²) in [4.78, 5) is 25.3. The molecule has 0 radical (unpaired) electrons. The zero-order valence-corrected chi connectivity index (χ0v) is 21.5. The summed E-state index contributed by atoms with van der Waals surface area (Å²) in [6.07, 6.45) is 9.23. The monoisotopic (exact) mass is 543 g/mol. The van der Waals surface area contributed by atoms with Crippen LogP contribution in [0, 0.1) is 5.82 Å². The van der Waals surface area contributed by atoms with E-state index in [1.165, 1.54) is 12.4 Å². The number of nitrogens with zero attached hydrogens (tertiary/aromatic N) is 6. The number of benzene rings is 1. The molecule has 0 saturated heterocycles. The Balaban J connectivity index is 1.24. The van der Waals surface area contributed by atoms with Gasteiger partial charge in [-0.25, -0.2) is 9.37 Å². The van der Waals surface area contributed by atoms with Crippen LogP contribution in [-0.2, 0) is 6.42 Å². The lowest BCUT2D eigenvalue weighted by Gasteiger charge is -2.15. The van der Waals surface area contributed by atoms with Gasteiger partial charge in [-0.05, 0) is 23.8 Å². The molecule has 10 nitrogen and oxygen atoms in total. The third-order valence-electron chi connectivity index (χ3n) is 6.72. The predicted octanol–water partition coefficient (Wildman–Crippen LogP) is 5.13. The number of aliphatic hydroxyl groups excluding tert-OH is 1. The average Bonchev–Trinajstić information content (AvgIpc) is 3.63. The first-order chi connectivity index (χ1) is 20.1. The topological polar surface area (TPSA) is 141 Å². The van der Waals surface area contributed by atoms with Crippen LogP contribution >= 0.6 is 0 Å². The molecule has 4 N–H and O–H groups in total. The molecule has 41 heavy (non-hydrogen) atoms. The van der Waals surface area contributed by atoms with E-state index >= 15 is 4.39 Å². The minimum atomic E-state index is -0.853. The number of H-pyrrole nitrogens is 2. The Morgan fingerprint density at radius 3 is 2.59 bits per heavy atom. The van der Waals surface area contributed by atoms with Gasteiger partial charge in [0.2, 0.25) is 0 Å². The zero-order chi connectivity index (χ0) is 27.8. The van der Waals surface area contributed by atoms with E-state index in [9.17, 15) is 5.11 Å². The highest BCUT2D eigenvalue weighted by atomic mass is 19.1. The second kappa shape index (κ2) is 10.2. The number of hydrogen-bond donors (Lipinski definition) is 4. The van der Waals surface area contributed by atoms with Gasteiger partial charge in [-0.3, -0.25) is 25.0 Å². The van der Waals surface area contributed by atoms with Crippen molar-refractivity contribution in [1.29, 1.82) is 0 Å². The van der Waals surface area contributed by atoms with Crippen molar-refractivity contribution in [1.82, 2.24) is 40.1 Å². The largest absolute Gasteiger partial charge is 0.373 e. The molecule has 0 aliphatic rings. The summed E-state index contributed by atoms with van der Waals surface area (Å²) >= 11 is 0. The Bertz CT molecular complexity index is 1990. The van der Waals surface area contributed by atoms with Gasteiger partial charge in [-0.1, -0.05) is 36.4 Å². The van der Waals surface area contributed by atoms with Gasteiger partial charge < -0.3 is 15.4 Å². The van der Waals surface area contributed by atoms with Crippen LogP contribution in [0.5, 0.6) is 0 Å². The number of imidazole rings is 1. The Morgan fingerprint density at radius 1 is 0.878 bits per heavy atom. The van der Waals surface area contributed by atoms with Crippen molar-refractivity contribution in [3.8, 4) is 34.0 Å². The van der Waals surface area contributed by atoms with Crippen LogP contribution in [0.1, 0.15) is 5.56 Å². The zero-order valence-electron chi connectivity index (χ0n) is 21.5. The molecule has 7 aromatic rings. The van der Waals surface area contributed by atoms with Gasteiger partial charge in [0.15, 0.2) is 11.6 Å². The average molecular weight is 544 g/mol. The van der Waals surface area contributed by atoms with Gasteiger partial charge >= 0.3 is 0 Å². The van der Waals surface area contributed by atoms with E-state index in [-0.39, 0.29) is 11.1 Å². The maximum Gasteiger partial charge on any atom is 0.161 e. The highest BCUT2D eigenvalue weighted by Gasteiger charge is 2.22. The quantitative estimate of drug-likeness (QED) is 0.203. The fraction of sp³-hybridized carbons (Fsp3) is 0.0667. The molecule has 1 unspecified atom stereocenters. The fourth-order valence-electron chi connectivity index (χ4n) is 4.83. The van der Waals surface area contributed by atoms with Crippen molar-refractivity contribution in [2.24, 2.45) is 0 Å². The molecule has 0 aliphatic heterocycles. The van der Waals surface area contributed by atoms with Crippen LogP contribution < -0.4 is 5.32 Å². The number of aromatic amines is 2. The molecule has 0 spiro atoms. The molecule has 6 heterocycles. The lowest BCUT2D eigenvalue weighted by Crippen LogP contribution is -2.21. The van der Waals surface area contributed by atoms with Crippen LogP contribution in [0.2, 0.25) is 0 Å². The van der Waals surface area contributed by atoms with E-state index in [0.717, 1.165) is 16.8 Å². The molecule has 0 aliphatic carbocycles. The second-order valence-electron chi connectivity index (χ2n) is 9.48. The van der Waals surface area contributed by atoms with Crippen molar-refractivity contribution >= 4 is 27.6 Å². The number of aromatic nitrogens is 8. The Kier molecular flexibility index (Phi) is 6.10. The minimum absolute atomic E-state index is 0.0980. The fourth-order valence-corrected chi connectivity index (χ4v) is 4.83. The van der Waals surface area contributed by atoms with Crippen LogP contribution in [0.3, 0.4) is 0 Å². The minimum Gasteiger partial charge on any atom is -0.373 e. The molecule has 11 heteroatoms. The van der Waals surface area contributed by atoms with E-state index < -0.39 is 12.0 Å². The molecule has 200 valence electrons. The van der Waals surface area contributed by atoms with Crippen LogP contribution in [0.15, 0.2) is 91.8 Å². The van der Waals surface area contributed by atoms with Gasteiger partial charge in [0.1, 0.15) is 23.1 Å². The molecule has 0 fully saturated rings. The van der Waals surface area contributed by atoms with Crippen molar-refractivity contribution < 1.29 is 9.50 Å². The maximum absolute atomic E-state index is 16.1. The van der Waals surface area contributed by atoms with Gasteiger partial charge in [-0.2, -0.15) is 5.10 Å². The van der Waals surface area contributed by atoms with Gasteiger partial charge in [0, 0.05) is 36.1 Å². The summed E-state index contributed by atoms with van der Waals surface area (Å²) in [7, 11) is 0. The smallest absolute Gasteiger partial charge is 0.161 e. The third-order valence-corrected chi connectivity index (χ3v) is 6.72. The van der Waals surface area contributed by atoms with Crippen molar-refractivity contribution in [2.45, 2.75) is 12.6 Å². The first-order valence-electron chi connectivity index (χ1n) is 12.9. The number of halogens is 1. The Morgan fingerprint density at radius 2 is 1.73 bits per heavy atom. The lowest BCUT2D eigenvalue weighted by molar-refractivity contribution is 0.204. The van der Waals surface area contributed by atoms with E-state index in [4.69, 9.17) is 4.98 Å². The highest BCUT2D eigenvalue weighted by molar-refractivity contribution is 5.97. The molecule has 0 amide bonds. The molecular formula is C30H22FN9O. The number of anilines is 1. The van der Waals surface area contributed by atoms with Gasteiger partial charge in [0.25, 0.3) is 0 Å². The normalized spacial score (nSPS) is 12.1. The lowest BCUT2D eigenvalue weighted by atomic mass is 10.1. The number of rotatable bonds is 7. The summed E-state index contributed by atoms with van der Waals surface area (Å²) in [5.74, 6) is -0.191. The molecular weight excluding hydrogens is 521 g/mol. The van der Waals surface area contributed by atoms with E-state index in [1.54, 1.807) is 30.9 Å². The standard InChI is InChI=1S/C30H22FN9O/c31-26-25-22(16-35-27(26)18-11-19(13-32-12-18)36-24(41)10-17-6-2-1-3-7-17)39-40-29(25)30-37-23-15-33-14-20(28(23)38-30)21-8-4-5-9-34-21/h1-9,11-16,24,36,41H,10H2,(H,37,38)(H,39,40).